The number of aliphatic hydroxyl groups is 1. The summed E-state index contributed by atoms with van der Waals surface area (Å²) in [4.78, 5) is 15.5. The number of likely N-dealkylation sites (tertiary alicyclic amines) is 1. The van der Waals surface area contributed by atoms with Gasteiger partial charge >= 0.3 is 0 Å². The summed E-state index contributed by atoms with van der Waals surface area (Å²) in [6, 6.07) is 5.95. The lowest BCUT2D eigenvalue weighted by Gasteiger charge is -2.24. The van der Waals surface area contributed by atoms with Gasteiger partial charge < -0.3 is 10.0 Å². The lowest BCUT2D eigenvalue weighted by Crippen LogP contribution is -2.39. The Kier molecular flexibility index (Phi) is 3.96. The molecule has 0 radical (unpaired) electrons. The Labute approximate surface area is 123 Å². The number of halogens is 1. The average molecular weight is 295 g/mol. The summed E-state index contributed by atoms with van der Waals surface area (Å²) in [6.07, 6.45) is 1.04. The van der Waals surface area contributed by atoms with Crippen molar-refractivity contribution in [1.82, 2.24) is 9.80 Å². The van der Waals surface area contributed by atoms with Gasteiger partial charge in [0, 0.05) is 44.2 Å². The molecule has 2 aliphatic heterocycles. The lowest BCUT2D eigenvalue weighted by atomic mass is 10.1. The van der Waals surface area contributed by atoms with Crippen LogP contribution in [-0.4, -0.2) is 46.6 Å². The molecule has 5 heteroatoms. The van der Waals surface area contributed by atoms with E-state index in [1.54, 1.807) is 4.90 Å². The number of aliphatic hydroxyl groups excluding tert-OH is 1. The summed E-state index contributed by atoms with van der Waals surface area (Å²) in [7, 11) is 0. The molecule has 2 aliphatic rings. The Morgan fingerprint density at radius 1 is 1.30 bits per heavy atom. The second-order valence-corrected chi connectivity index (χ2v) is 6.05. The van der Waals surface area contributed by atoms with Gasteiger partial charge in [-0.25, -0.2) is 0 Å². The highest BCUT2D eigenvalue weighted by atomic mass is 35.5. The van der Waals surface area contributed by atoms with Gasteiger partial charge in [0.15, 0.2) is 0 Å². The molecule has 1 aromatic rings. The van der Waals surface area contributed by atoms with Crippen molar-refractivity contribution in [1.29, 1.82) is 0 Å². The molecule has 0 spiro atoms. The fourth-order valence-electron chi connectivity index (χ4n) is 3.09. The minimum atomic E-state index is -0.495. The van der Waals surface area contributed by atoms with Crippen LogP contribution in [0.25, 0.3) is 0 Å². The second kappa shape index (κ2) is 5.72. The van der Waals surface area contributed by atoms with Crippen LogP contribution in [0.1, 0.15) is 24.0 Å². The van der Waals surface area contributed by atoms with Gasteiger partial charge in [0.05, 0.1) is 6.10 Å². The number of nitrogens with zero attached hydrogens (tertiary/aromatic N) is 2. The highest BCUT2D eigenvalue weighted by Crippen LogP contribution is 2.29. The van der Waals surface area contributed by atoms with Crippen molar-refractivity contribution in [3.05, 3.63) is 34.3 Å². The van der Waals surface area contributed by atoms with Crippen molar-refractivity contribution >= 4 is 17.5 Å². The van der Waals surface area contributed by atoms with Crippen LogP contribution in [0.3, 0.4) is 0 Å². The van der Waals surface area contributed by atoms with Gasteiger partial charge in [-0.3, -0.25) is 9.69 Å². The zero-order valence-corrected chi connectivity index (χ0v) is 12.1. The number of carbonyl (C=O) groups excluding carboxylic acids is 1. The Morgan fingerprint density at radius 3 is 2.85 bits per heavy atom. The van der Waals surface area contributed by atoms with E-state index in [0.29, 0.717) is 19.5 Å². The summed E-state index contributed by atoms with van der Waals surface area (Å²) in [5.74, 6) is 0.164. The Balaban J connectivity index is 1.55. The Bertz CT molecular complexity index is 521. The quantitative estimate of drug-likeness (QED) is 0.918. The first-order chi connectivity index (χ1) is 9.63. The molecule has 1 atom stereocenters. The summed E-state index contributed by atoms with van der Waals surface area (Å²) in [5.41, 5.74) is 2.40. The van der Waals surface area contributed by atoms with Crippen LogP contribution in [0.15, 0.2) is 18.2 Å². The summed E-state index contributed by atoms with van der Waals surface area (Å²) in [6.45, 7) is 3.40. The highest BCUT2D eigenvalue weighted by Gasteiger charge is 2.26. The van der Waals surface area contributed by atoms with Gasteiger partial charge in [-0.05, 0) is 23.6 Å². The van der Waals surface area contributed by atoms with Crippen molar-refractivity contribution in [2.45, 2.75) is 32.0 Å². The molecule has 20 heavy (non-hydrogen) atoms. The second-order valence-electron chi connectivity index (χ2n) is 5.64. The van der Waals surface area contributed by atoms with E-state index in [1.165, 1.54) is 11.1 Å². The molecule has 1 aromatic carbocycles. The van der Waals surface area contributed by atoms with E-state index in [2.05, 4.69) is 11.0 Å². The minimum Gasteiger partial charge on any atom is -0.390 e. The fourth-order valence-corrected chi connectivity index (χ4v) is 3.34. The predicted octanol–water partition coefficient (Wildman–Crippen LogP) is 1.64. The predicted molar refractivity (Wildman–Crippen MR) is 77.4 cm³/mol. The van der Waals surface area contributed by atoms with Gasteiger partial charge in [-0.15, -0.1) is 0 Å². The number of hydrogen-bond donors (Lipinski definition) is 1. The summed E-state index contributed by atoms with van der Waals surface area (Å²) >= 11 is 6.19. The monoisotopic (exact) mass is 294 g/mol. The lowest BCUT2D eigenvalue weighted by molar-refractivity contribution is -0.129. The maximum atomic E-state index is 11.6. The highest BCUT2D eigenvalue weighted by molar-refractivity contribution is 6.31. The van der Waals surface area contributed by atoms with Crippen LogP contribution in [0.2, 0.25) is 5.02 Å². The molecule has 0 saturated carbocycles. The third-order valence-electron chi connectivity index (χ3n) is 4.06. The zero-order chi connectivity index (χ0) is 14.1. The van der Waals surface area contributed by atoms with Crippen LogP contribution < -0.4 is 0 Å². The molecule has 3 rings (SSSR count). The van der Waals surface area contributed by atoms with Crippen molar-refractivity contribution in [2.24, 2.45) is 0 Å². The molecule has 1 unspecified atom stereocenters. The van der Waals surface area contributed by atoms with E-state index in [4.69, 9.17) is 11.6 Å². The van der Waals surface area contributed by atoms with E-state index in [1.807, 2.05) is 12.1 Å². The van der Waals surface area contributed by atoms with E-state index in [-0.39, 0.29) is 5.91 Å². The number of carbonyl (C=O) groups is 1. The molecule has 0 aliphatic carbocycles. The topological polar surface area (TPSA) is 43.8 Å². The maximum Gasteiger partial charge on any atom is 0.222 e. The normalized spacial score (nSPS) is 20.5. The molecule has 1 amide bonds. The fraction of sp³-hybridized carbons (Fsp3) is 0.533. The Morgan fingerprint density at radius 2 is 2.15 bits per heavy atom. The van der Waals surface area contributed by atoms with Gasteiger partial charge in [-0.2, -0.15) is 0 Å². The number of benzene rings is 1. The SMILES string of the molecule is O=C1CCCN1CC(O)CN1Cc2cccc(Cl)c2C1. The van der Waals surface area contributed by atoms with Crippen molar-refractivity contribution in [3.63, 3.8) is 0 Å². The molecule has 4 nitrogen and oxygen atoms in total. The molecular weight excluding hydrogens is 276 g/mol. The number of rotatable bonds is 4. The third-order valence-corrected chi connectivity index (χ3v) is 4.42. The number of amides is 1. The summed E-state index contributed by atoms with van der Waals surface area (Å²) in [5, 5.41) is 11.0. The standard InChI is InChI=1S/C15H19ClN2O2/c16-14-4-1-3-11-7-17(10-13(11)14)8-12(19)9-18-6-2-5-15(18)20/h1,3-4,12,19H,2,5-10H2. The average Bonchev–Trinajstić information content (AvgIpc) is 2.97. The van der Waals surface area contributed by atoms with Gasteiger partial charge in [0.25, 0.3) is 0 Å². The molecule has 2 heterocycles. The number of fused-ring (bicyclic) bond motifs is 1. The van der Waals surface area contributed by atoms with E-state index < -0.39 is 6.10 Å². The number of hydrogen-bond acceptors (Lipinski definition) is 3. The van der Waals surface area contributed by atoms with Crippen LogP contribution >= 0.6 is 11.6 Å². The van der Waals surface area contributed by atoms with Crippen LogP contribution in [0, 0.1) is 0 Å². The number of β-amino-alcohol motifs (C(OH)–C–C–N with tert-alkyl or cyclic N) is 1. The molecular formula is C15H19ClN2O2. The van der Waals surface area contributed by atoms with Gasteiger partial charge in [-0.1, -0.05) is 23.7 Å². The first-order valence-electron chi connectivity index (χ1n) is 7.08. The molecule has 0 bridgehead atoms. The zero-order valence-electron chi connectivity index (χ0n) is 11.4. The van der Waals surface area contributed by atoms with Gasteiger partial charge in [0.1, 0.15) is 0 Å². The van der Waals surface area contributed by atoms with Crippen LogP contribution in [0.4, 0.5) is 0 Å². The largest absolute Gasteiger partial charge is 0.390 e. The van der Waals surface area contributed by atoms with Crippen molar-refractivity contribution in [3.8, 4) is 0 Å². The molecule has 0 aromatic heterocycles. The molecule has 1 N–H and O–H groups in total. The maximum absolute atomic E-state index is 11.6. The van der Waals surface area contributed by atoms with E-state index in [0.717, 1.165) is 31.1 Å². The van der Waals surface area contributed by atoms with Crippen molar-refractivity contribution < 1.29 is 9.90 Å². The molecule has 108 valence electrons. The van der Waals surface area contributed by atoms with E-state index >= 15 is 0 Å². The van der Waals surface area contributed by atoms with Crippen molar-refractivity contribution in [2.75, 3.05) is 19.6 Å². The molecule has 1 saturated heterocycles. The minimum absolute atomic E-state index is 0.164. The third kappa shape index (κ3) is 2.82. The Hall–Kier alpha value is -1.10. The summed E-state index contributed by atoms with van der Waals surface area (Å²) < 4.78 is 0. The van der Waals surface area contributed by atoms with E-state index in [9.17, 15) is 9.90 Å². The van der Waals surface area contributed by atoms with Gasteiger partial charge in [0.2, 0.25) is 5.91 Å². The molecule has 1 fully saturated rings. The smallest absolute Gasteiger partial charge is 0.222 e. The van der Waals surface area contributed by atoms with Crippen LogP contribution in [0.5, 0.6) is 0 Å². The first kappa shape index (κ1) is 13.9. The first-order valence-corrected chi connectivity index (χ1v) is 7.46. The van der Waals surface area contributed by atoms with Crippen LogP contribution in [-0.2, 0) is 17.9 Å².